The second kappa shape index (κ2) is 6.20. The summed E-state index contributed by atoms with van der Waals surface area (Å²) in [5.41, 5.74) is -0.954. The number of likely N-dealkylation sites (tertiary alicyclic amines) is 1. The predicted molar refractivity (Wildman–Crippen MR) is 79.3 cm³/mol. The Kier molecular flexibility index (Phi) is 4.92. The van der Waals surface area contributed by atoms with Crippen LogP contribution >= 0.6 is 0 Å². The van der Waals surface area contributed by atoms with Crippen molar-refractivity contribution in [3.05, 3.63) is 0 Å². The molecule has 0 bridgehead atoms. The van der Waals surface area contributed by atoms with Crippen LogP contribution in [-0.4, -0.2) is 79.3 Å². The Hall–Kier alpha value is -0.700. The van der Waals surface area contributed by atoms with Crippen molar-refractivity contribution in [1.82, 2.24) is 14.5 Å². The summed E-state index contributed by atoms with van der Waals surface area (Å²) >= 11 is 0. The summed E-state index contributed by atoms with van der Waals surface area (Å²) in [6.45, 7) is 4.20. The Bertz CT molecular complexity index is 488. The first-order valence-electron chi connectivity index (χ1n) is 7.35. The highest BCUT2D eigenvalue weighted by atomic mass is 32.2. The first kappa shape index (κ1) is 16.7. The van der Waals surface area contributed by atoms with Crippen molar-refractivity contribution < 1.29 is 18.3 Å². The van der Waals surface area contributed by atoms with E-state index >= 15 is 0 Å². The smallest absolute Gasteiger partial charge is 0.217 e. The molecule has 1 atom stereocenters. The van der Waals surface area contributed by atoms with Crippen LogP contribution < -0.4 is 5.32 Å². The van der Waals surface area contributed by atoms with Crippen LogP contribution in [0.4, 0.5) is 0 Å². The minimum absolute atomic E-state index is 0.00772. The predicted octanol–water partition coefficient (Wildman–Crippen LogP) is -1.02. The molecule has 0 radical (unpaired) electrons. The fourth-order valence-corrected chi connectivity index (χ4v) is 4.07. The zero-order chi connectivity index (χ0) is 15.7. The molecule has 0 aromatic rings. The number of carbonyl (C=O) groups excluding carboxylic acids is 1. The van der Waals surface area contributed by atoms with Crippen LogP contribution in [0.25, 0.3) is 0 Å². The highest BCUT2D eigenvalue weighted by Crippen LogP contribution is 2.25. The van der Waals surface area contributed by atoms with E-state index in [1.165, 1.54) is 17.5 Å². The quantitative estimate of drug-likeness (QED) is 0.692. The molecule has 0 aromatic heterocycles. The topological polar surface area (TPSA) is 90.0 Å². The number of sulfonamides is 1. The molecular formula is C13H25N3O4S. The van der Waals surface area contributed by atoms with Crippen LogP contribution in [0.5, 0.6) is 0 Å². The third kappa shape index (κ3) is 4.64. The van der Waals surface area contributed by atoms with Crippen LogP contribution in [0.15, 0.2) is 0 Å². The SMILES string of the molecule is CC(=O)NC1CCN(CC2(O)CCN(S(C)(=O)=O)C2)CC1. The number of nitrogens with zero attached hydrogens (tertiary/aromatic N) is 2. The minimum Gasteiger partial charge on any atom is -0.387 e. The summed E-state index contributed by atoms with van der Waals surface area (Å²) < 4.78 is 24.4. The summed E-state index contributed by atoms with van der Waals surface area (Å²) in [4.78, 5) is 13.2. The van der Waals surface area contributed by atoms with Gasteiger partial charge in [0.15, 0.2) is 0 Å². The van der Waals surface area contributed by atoms with E-state index in [2.05, 4.69) is 10.2 Å². The number of hydrogen-bond donors (Lipinski definition) is 2. The largest absolute Gasteiger partial charge is 0.387 e. The standard InChI is InChI=1S/C13H25N3O4S/c1-11(17)14-12-3-6-15(7-4-12)9-13(18)5-8-16(10-13)21(2,19)20/h12,18H,3-10H2,1-2H3,(H,14,17). The lowest BCUT2D eigenvalue weighted by atomic mass is 9.99. The highest BCUT2D eigenvalue weighted by molar-refractivity contribution is 7.88. The van der Waals surface area contributed by atoms with Crippen LogP contribution in [0, 0.1) is 0 Å². The number of β-amino-alcohol motifs (C(OH)–C–C–N with tert-alkyl or cyclic N) is 1. The van der Waals surface area contributed by atoms with Crippen LogP contribution in [0.3, 0.4) is 0 Å². The number of piperidine rings is 1. The Morgan fingerprint density at radius 3 is 2.43 bits per heavy atom. The summed E-state index contributed by atoms with van der Waals surface area (Å²) in [6, 6.07) is 0.212. The normalized spacial score (nSPS) is 29.7. The molecule has 7 nitrogen and oxygen atoms in total. The van der Waals surface area contributed by atoms with E-state index < -0.39 is 15.6 Å². The van der Waals surface area contributed by atoms with Crippen molar-refractivity contribution >= 4 is 15.9 Å². The molecule has 21 heavy (non-hydrogen) atoms. The van der Waals surface area contributed by atoms with E-state index in [0.717, 1.165) is 25.9 Å². The molecule has 2 saturated heterocycles. The van der Waals surface area contributed by atoms with Crippen molar-refractivity contribution in [3.63, 3.8) is 0 Å². The Balaban J connectivity index is 1.82. The van der Waals surface area contributed by atoms with Gasteiger partial charge in [0.25, 0.3) is 0 Å². The third-order valence-corrected chi connectivity index (χ3v) is 5.53. The first-order chi connectivity index (χ1) is 9.68. The van der Waals surface area contributed by atoms with Gasteiger partial charge >= 0.3 is 0 Å². The molecule has 2 N–H and O–H groups in total. The van der Waals surface area contributed by atoms with Gasteiger partial charge in [-0.1, -0.05) is 0 Å². The maximum atomic E-state index is 11.5. The molecule has 2 aliphatic heterocycles. The Morgan fingerprint density at radius 1 is 1.33 bits per heavy atom. The Morgan fingerprint density at radius 2 is 1.95 bits per heavy atom. The van der Waals surface area contributed by atoms with Gasteiger partial charge in [0.1, 0.15) is 0 Å². The average molecular weight is 319 g/mol. The van der Waals surface area contributed by atoms with E-state index in [4.69, 9.17) is 0 Å². The molecule has 0 saturated carbocycles. The molecule has 2 fully saturated rings. The van der Waals surface area contributed by atoms with Gasteiger partial charge < -0.3 is 15.3 Å². The van der Waals surface area contributed by atoms with E-state index in [1.807, 2.05) is 0 Å². The monoisotopic (exact) mass is 319 g/mol. The second-order valence-electron chi connectivity index (χ2n) is 6.32. The Labute approximate surface area is 126 Å². The summed E-state index contributed by atoms with van der Waals surface area (Å²) in [6.07, 6.45) is 3.39. The number of nitrogens with one attached hydrogen (secondary N) is 1. The van der Waals surface area contributed by atoms with Crippen LogP contribution in [-0.2, 0) is 14.8 Å². The molecule has 1 unspecified atom stereocenters. The van der Waals surface area contributed by atoms with Gasteiger partial charge in [-0.05, 0) is 19.3 Å². The van der Waals surface area contributed by atoms with Gasteiger partial charge in [-0.3, -0.25) is 4.79 Å². The van der Waals surface area contributed by atoms with E-state index in [1.54, 1.807) is 0 Å². The molecule has 122 valence electrons. The molecule has 0 aliphatic carbocycles. The summed E-state index contributed by atoms with van der Waals surface area (Å²) in [7, 11) is -3.23. The van der Waals surface area contributed by atoms with Crippen LogP contribution in [0.1, 0.15) is 26.2 Å². The number of carbonyl (C=O) groups is 1. The molecule has 2 aliphatic rings. The van der Waals surface area contributed by atoms with Crippen LogP contribution in [0.2, 0.25) is 0 Å². The molecule has 2 rings (SSSR count). The molecule has 8 heteroatoms. The van der Waals surface area contributed by atoms with E-state index in [9.17, 15) is 18.3 Å². The number of hydrogen-bond acceptors (Lipinski definition) is 5. The lowest BCUT2D eigenvalue weighted by molar-refractivity contribution is -0.120. The minimum atomic E-state index is -3.23. The number of aliphatic hydroxyl groups is 1. The van der Waals surface area contributed by atoms with Gasteiger partial charge in [-0.25, -0.2) is 8.42 Å². The van der Waals surface area contributed by atoms with Gasteiger partial charge in [-0.2, -0.15) is 4.31 Å². The molecular weight excluding hydrogens is 294 g/mol. The fourth-order valence-electron chi connectivity index (χ4n) is 3.17. The van der Waals surface area contributed by atoms with E-state index in [0.29, 0.717) is 19.5 Å². The van der Waals surface area contributed by atoms with Gasteiger partial charge in [0.2, 0.25) is 15.9 Å². The average Bonchev–Trinajstić information content (AvgIpc) is 2.73. The van der Waals surface area contributed by atoms with Gasteiger partial charge in [-0.15, -0.1) is 0 Å². The molecule has 0 aromatic carbocycles. The molecule has 2 heterocycles. The zero-order valence-corrected chi connectivity index (χ0v) is 13.5. The summed E-state index contributed by atoms with van der Waals surface area (Å²) in [5.74, 6) is -0.00772. The van der Waals surface area contributed by atoms with Gasteiger partial charge in [0, 0.05) is 45.7 Å². The summed E-state index contributed by atoms with van der Waals surface area (Å²) in [5, 5.41) is 13.5. The highest BCUT2D eigenvalue weighted by Gasteiger charge is 2.41. The lowest BCUT2D eigenvalue weighted by Gasteiger charge is -2.36. The first-order valence-corrected chi connectivity index (χ1v) is 9.20. The molecule has 0 spiro atoms. The maximum absolute atomic E-state index is 11.5. The van der Waals surface area contributed by atoms with Crippen molar-refractivity contribution in [1.29, 1.82) is 0 Å². The zero-order valence-electron chi connectivity index (χ0n) is 12.7. The second-order valence-corrected chi connectivity index (χ2v) is 8.30. The third-order valence-electron chi connectivity index (χ3n) is 4.28. The molecule has 1 amide bonds. The van der Waals surface area contributed by atoms with Crippen molar-refractivity contribution in [2.75, 3.05) is 39.0 Å². The van der Waals surface area contributed by atoms with Crippen molar-refractivity contribution in [3.8, 4) is 0 Å². The fraction of sp³-hybridized carbons (Fsp3) is 0.923. The number of rotatable bonds is 4. The maximum Gasteiger partial charge on any atom is 0.217 e. The van der Waals surface area contributed by atoms with E-state index in [-0.39, 0.29) is 18.5 Å². The van der Waals surface area contributed by atoms with Gasteiger partial charge in [0.05, 0.1) is 11.9 Å². The lowest BCUT2D eigenvalue weighted by Crippen LogP contribution is -2.50. The number of amides is 1. The van der Waals surface area contributed by atoms with Crippen molar-refractivity contribution in [2.45, 2.75) is 37.8 Å². The van der Waals surface area contributed by atoms with Crippen molar-refractivity contribution in [2.24, 2.45) is 0 Å².